The quantitative estimate of drug-likeness (QED) is 0.0613. The Morgan fingerprint density at radius 1 is 0.463 bits per heavy atom. The first-order valence-electron chi connectivity index (χ1n) is 15.8. The topological polar surface area (TPSA) is 91.7 Å². The molecule has 5 heteroatoms. The van der Waals surface area contributed by atoms with E-state index in [4.69, 9.17) is 10.2 Å². The van der Waals surface area contributed by atoms with Crippen LogP contribution in [0.3, 0.4) is 0 Å². The van der Waals surface area contributed by atoms with Crippen molar-refractivity contribution in [2.75, 3.05) is 0 Å². The normalized spacial score (nSPS) is 12.0. The number of hydrogen-bond acceptors (Lipinski definition) is 3. The Morgan fingerprint density at radius 3 is 1.56 bits per heavy atom. The highest BCUT2D eigenvalue weighted by atomic mass is 16.4. The summed E-state index contributed by atoms with van der Waals surface area (Å²) in [6.45, 7) is 4.33. The van der Waals surface area contributed by atoms with E-state index in [-0.39, 0.29) is 18.6 Å². The van der Waals surface area contributed by atoms with Crippen molar-refractivity contribution in [2.45, 2.75) is 136 Å². The molecule has 0 rings (SSSR count). The van der Waals surface area contributed by atoms with Crippen LogP contribution >= 0.6 is 0 Å². The zero-order chi connectivity index (χ0) is 30.7. The Kier molecular flexibility index (Phi) is 34.4. The number of carboxylic acid groups (broad SMARTS) is 2. The van der Waals surface area contributed by atoms with Crippen molar-refractivity contribution in [2.24, 2.45) is 0 Å². The molecule has 0 radical (unpaired) electrons. The third-order valence-corrected chi connectivity index (χ3v) is 6.07. The molecule has 0 aromatic heterocycles. The molecule has 5 nitrogen and oxygen atoms in total. The Labute approximate surface area is 250 Å². The number of allylic oxidation sites excluding steroid dienone is 12. The van der Waals surface area contributed by atoms with Gasteiger partial charge in [-0.3, -0.25) is 14.4 Å². The van der Waals surface area contributed by atoms with Crippen LogP contribution in [0.1, 0.15) is 136 Å². The maximum absolute atomic E-state index is 11.3. The monoisotopic (exact) mass is 570 g/mol. The third-order valence-electron chi connectivity index (χ3n) is 6.07. The van der Waals surface area contributed by atoms with E-state index in [1.807, 2.05) is 18.2 Å². The van der Waals surface area contributed by atoms with E-state index < -0.39 is 11.9 Å². The predicted molar refractivity (Wildman–Crippen MR) is 174 cm³/mol. The molecule has 0 saturated heterocycles. The third kappa shape index (κ3) is 41.7. The second-order valence-corrected chi connectivity index (χ2v) is 10.1. The number of ketones is 1. The number of carbonyl (C=O) groups is 3. The molecule has 0 unspecified atom stereocenters. The molecule has 0 aromatic rings. The SMILES string of the molecule is CC/C=C\C/C=C\C/C=C\CCCCCCCC(=O)O.CCCCC=CC=CC=CCCCCC(=O)CCC(=O)O. The van der Waals surface area contributed by atoms with Gasteiger partial charge in [0.2, 0.25) is 0 Å². The number of aliphatic carboxylic acids is 2. The second-order valence-electron chi connectivity index (χ2n) is 10.1. The molecule has 0 fully saturated rings. The smallest absolute Gasteiger partial charge is 0.303 e. The first kappa shape index (κ1) is 40.2. The second kappa shape index (κ2) is 35.1. The molecule has 0 amide bonds. The molecule has 2 N–H and O–H groups in total. The van der Waals surface area contributed by atoms with Crippen LogP contribution < -0.4 is 0 Å². The highest BCUT2D eigenvalue weighted by Crippen LogP contribution is 2.08. The number of carboxylic acids is 2. The molecule has 0 atom stereocenters. The highest BCUT2D eigenvalue weighted by Gasteiger charge is 2.04. The Morgan fingerprint density at radius 2 is 0.951 bits per heavy atom. The van der Waals surface area contributed by atoms with Gasteiger partial charge in [0.05, 0.1) is 6.42 Å². The summed E-state index contributed by atoms with van der Waals surface area (Å²) in [6.07, 6.45) is 42.8. The number of rotatable bonds is 26. The van der Waals surface area contributed by atoms with Crippen LogP contribution in [0.2, 0.25) is 0 Å². The van der Waals surface area contributed by atoms with Gasteiger partial charge in [-0.2, -0.15) is 0 Å². The summed E-state index contributed by atoms with van der Waals surface area (Å²) in [7, 11) is 0. The lowest BCUT2D eigenvalue weighted by molar-refractivity contribution is -0.138. The van der Waals surface area contributed by atoms with E-state index in [9.17, 15) is 14.4 Å². The van der Waals surface area contributed by atoms with Crippen LogP contribution in [0.15, 0.2) is 72.9 Å². The van der Waals surface area contributed by atoms with Gasteiger partial charge in [0.15, 0.2) is 0 Å². The van der Waals surface area contributed by atoms with Crippen molar-refractivity contribution < 1.29 is 24.6 Å². The summed E-state index contributed by atoms with van der Waals surface area (Å²) >= 11 is 0. The average molecular weight is 571 g/mol. The number of unbranched alkanes of at least 4 members (excludes halogenated alkanes) is 9. The van der Waals surface area contributed by atoms with Gasteiger partial charge in [-0.15, -0.1) is 0 Å². The van der Waals surface area contributed by atoms with E-state index >= 15 is 0 Å². The van der Waals surface area contributed by atoms with Crippen molar-refractivity contribution in [1.29, 1.82) is 0 Å². The van der Waals surface area contributed by atoms with Gasteiger partial charge in [-0.1, -0.05) is 119 Å². The maximum Gasteiger partial charge on any atom is 0.303 e. The zero-order valence-corrected chi connectivity index (χ0v) is 26.0. The van der Waals surface area contributed by atoms with Crippen LogP contribution in [0.4, 0.5) is 0 Å². The van der Waals surface area contributed by atoms with Gasteiger partial charge in [0.25, 0.3) is 0 Å². The summed E-state index contributed by atoms with van der Waals surface area (Å²) in [4.78, 5) is 32.0. The van der Waals surface area contributed by atoms with E-state index in [0.29, 0.717) is 12.8 Å². The minimum atomic E-state index is -0.901. The summed E-state index contributed by atoms with van der Waals surface area (Å²) in [5.41, 5.74) is 0. The minimum absolute atomic E-state index is 0.0463. The molecule has 0 saturated carbocycles. The van der Waals surface area contributed by atoms with E-state index in [1.54, 1.807) is 0 Å². The maximum atomic E-state index is 11.3. The van der Waals surface area contributed by atoms with Crippen molar-refractivity contribution in [3.8, 4) is 0 Å². The Balaban J connectivity index is 0. The Bertz CT molecular complexity index is 799. The predicted octanol–water partition coefficient (Wildman–Crippen LogP) is 10.5. The average Bonchev–Trinajstić information content (AvgIpc) is 2.94. The summed E-state index contributed by atoms with van der Waals surface area (Å²) in [6, 6.07) is 0. The fraction of sp³-hybridized carbons (Fsp3) is 0.583. The van der Waals surface area contributed by atoms with Gasteiger partial charge in [-0.25, -0.2) is 0 Å². The molecule has 0 heterocycles. The molecule has 0 aliphatic rings. The summed E-state index contributed by atoms with van der Waals surface area (Å²) < 4.78 is 0. The fourth-order valence-electron chi connectivity index (χ4n) is 3.65. The summed E-state index contributed by atoms with van der Waals surface area (Å²) in [5.74, 6) is -1.52. The standard InChI is InChI=1S/C18H28O3.C18H30O2/c1-2-3-4-5-6-7-8-9-10-11-12-13-14-17(19)15-16-18(20)21;1-2-3-4-5-6-7-8-9-10-11-12-13-14-15-16-17-18(19)20/h5-10H,2-4,11-16H2,1H3,(H,20,21);3-4,6-7,9-10H,2,5,8,11-17H2,1H3,(H,19,20)/b;4-3-,7-6-,10-9-. The lowest BCUT2D eigenvalue weighted by Crippen LogP contribution is -2.02. The van der Waals surface area contributed by atoms with E-state index in [0.717, 1.165) is 70.6 Å². The molecule has 0 bridgehead atoms. The fourth-order valence-corrected chi connectivity index (χ4v) is 3.65. The van der Waals surface area contributed by atoms with Gasteiger partial charge in [-0.05, 0) is 64.2 Å². The Hall–Kier alpha value is -2.95. The van der Waals surface area contributed by atoms with Crippen molar-refractivity contribution in [1.82, 2.24) is 0 Å². The van der Waals surface area contributed by atoms with Crippen molar-refractivity contribution >= 4 is 17.7 Å². The lowest BCUT2D eigenvalue weighted by Gasteiger charge is -1.98. The van der Waals surface area contributed by atoms with Gasteiger partial charge >= 0.3 is 11.9 Å². The van der Waals surface area contributed by atoms with E-state index in [2.05, 4.69) is 68.5 Å². The highest BCUT2D eigenvalue weighted by molar-refractivity contribution is 5.82. The molecule has 0 spiro atoms. The molecular weight excluding hydrogens is 512 g/mol. The molecule has 0 aromatic carbocycles. The van der Waals surface area contributed by atoms with Crippen LogP contribution in [0.25, 0.3) is 0 Å². The molecule has 0 aliphatic carbocycles. The largest absolute Gasteiger partial charge is 0.481 e. The number of hydrogen-bond donors (Lipinski definition) is 2. The number of Topliss-reactive ketones (excluding diaryl/α,β-unsaturated/α-hetero) is 1. The van der Waals surface area contributed by atoms with Crippen LogP contribution in [0, 0.1) is 0 Å². The van der Waals surface area contributed by atoms with E-state index in [1.165, 1.54) is 25.7 Å². The van der Waals surface area contributed by atoms with Crippen LogP contribution in [0.5, 0.6) is 0 Å². The van der Waals surface area contributed by atoms with Crippen LogP contribution in [-0.2, 0) is 14.4 Å². The minimum Gasteiger partial charge on any atom is -0.481 e. The first-order valence-corrected chi connectivity index (χ1v) is 15.8. The summed E-state index contributed by atoms with van der Waals surface area (Å²) in [5, 5.41) is 17.0. The van der Waals surface area contributed by atoms with Gasteiger partial charge in [0.1, 0.15) is 5.78 Å². The lowest BCUT2D eigenvalue weighted by atomic mass is 10.1. The molecule has 232 valence electrons. The van der Waals surface area contributed by atoms with Crippen LogP contribution in [-0.4, -0.2) is 27.9 Å². The van der Waals surface area contributed by atoms with Gasteiger partial charge in [0, 0.05) is 19.3 Å². The zero-order valence-electron chi connectivity index (χ0n) is 26.0. The van der Waals surface area contributed by atoms with Crippen molar-refractivity contribution in [3.63, 3.8) is 0 Å². The van der Waals surface area contributed by atoms with Gasteiger partial charge < -0.3 is 10.2 Å². The number of carbonyl (C=O) groups excluding carboxylic acids is 1. The molecule has 41 heavy (non-hydrogen) atoms. The van der Waals surface area contributed by atoms with Crippen molar-refractivity contribution in [3.05, 3.63) is 72.9 Å². The first-order chi connectivity index (χ1) is 19.9. The molecular formula is C36H58O5. The molecule has 0 aliphatic heterocycles.